The number of halogens is 3. The number of aromatic nitrogens is 3. The number of nitrogens with one attached hydrogen (secondary N) is 2. The molecule has 314 valence electrons. The third-order valence-corrected chi connectivity index (χ3v) is 12.2. The number of carbonyl (C=O) groups is 2. The van der Waals surface area contributed by atoms with Gasteiger partial charge in [-0.15, -0.1) is 0 Å². The quantitative estimate of drug-likeness (QED) is 0.110. The van der Waals surface area contributed by atoms with Gasteiger partial charge in [0, 0.05) is 41.2 Å². The number of nitrogens with two attached hydrogens (primary N) is 1. The molecule has 7 aromatic rings. The molecule has 2 aliphatic carbocycles. The summed E-state index contributed by atoms with van der Waals surface area (Å²) in [5.74, 6) is 0.496. The van der Waals surface area contributed by atoms with E-state index in [4.69, 9.17) is 19.9 Å². The van der Waals surface area contributed by atoms with E-state index in [0.717, 1.165) is 40.7 Å². The molecule has 2 fully saturated rings. The van der Waals surface area contributed by atoms with Gasteiger partial charge in [-0.3, -0.25) is 4.79 Å². The molecule has 0 spiro atoms. The molecule has 2 aromatic heterocycles. The molecular formula is C48H41F3N6O5. The van der Waals surface area contributed by atoms with Crippen LogP contribution < -0.4 is 25.4 Å². The topological polar surface area (TPSA) is 137 Å². The van der Waals surface area contributed by atoms with E-state index >= 15 is 0 Å². The Morgan fingerprint density at radius 2 is 1.56 bits per heavy atom. The summed E-state index contributed by atoms with van der Waals surface area (Å²) >= 11 is 0. The molecular weight excluding hydrogens is 798 g/mol. The summed E-state index contributed by atoms with van der Waals surface area (Å²) in [6, 6.07) is 32.2. The SMILES string of the molecule is Cc1cc(Oc2ccccc2F)ccc1-n1ncc(C(=O)c2cc3cc(OCC(F)F)c(N4CC5CC(NC(=O)OC6c7ccccc7-c7ccccc76)C[C@H]5C4)cc3[nH]2)c1N. The molecule has 0 radical (unpaired) electrons. The Morgan fingerprint density at radius 1 is 0.871 bits per heavy atom. The number of anilines is 2. The molecule has 1 saturated carbocycles. The van der Waals surface area contributed by atoms with Crippen molar-refractivity contribution in [3.8, 4) is 34.1 Å². The van der Waals surface area contributed by atoms with Crippen LogP contribution in [0.25, 0.3) is 27.7 Å². The largest absolute Gasteiger partial charge is 0.485 e. The Morgan fingerprint density at radius 3 is 2.26 bits per heavy atom. The summed E-state index contributed by atoms with van der Waals surface area (Å²) in [6.45, 7) is 2.31. The van der Waals surface area contributed by atoms with Gasteiger partial charge in [0.05, 0.1) is 28.8 Å². The fourth-order valence-electron chi connectivity index (χ4n) is 9.40. The fraction of sp³-hybridized carbons (Fsp3) is 0.229. The maximum absolute atomic E-state index is 14.2. The summed E-state index contributed by atoms with van der Waals surface area (Å²) in [4.78, 5) is 32.6. The van der Waals surface area contributed by atoms with E-state index in [0.29, 0.717) is 41.1 Å². The van der Waals surface area contributed by atoms with Crippen molar-refractivity contribution in [3.63, 3.8) is 0 Å². The predicted molar refractivity (Wildman–Crippen MR) is 228 cm³/mol. The van der Waals surface area contributed by atoms with Gasteiger partial charge in [-0.2, -0.15) is 5.10 Å². The second kappa shape index (κ2) is 15.7. The van der Waals surface area contributed by atoms with E-state index in [9.17, 15) is 22.8 Å². The van der Waals surface area contributed by atoms with E-state index in [1.54, 1.807) is 42.5 Å². The van der Waals surface area contributed by atoms with Crippen molar-refractivity contribution in [2.45, 2.75) is 38.3 Å². The van der Waals surface area contributed by atoms with Crippen LogP contribution in [0, 0.1) is 24.6 Å². The van der Waals surface area contributed by atoms with Gasteiger partial charge in [0.2, 0.25) is 5.78 Å². The number of H-pyrrole nitrogens is 1. The number of ketones is 1. The van der Waals surface area contributed by atoms with Gasteiger partial charge in [-0.1, -0.05) is 60.7 Å². The van der Waals surface area contributed by atoms with E-state index < -0.39 is 36.8 Å². The summed E-state index contributed by atoms with van der Waals surface area (Å²) in [6.07, 6.45) is -0.748. The van der Waals surface area contributed by atoms with Crippen molar-refractivity contribution in [1.82, 2.24) is 20.1 Å². The van der Waals surface area contributed by atoms with E-state index in [-0.39, 0.29) is 46.5 Å². The van der Waals surface area contributed by atoms with Gasteiger partial charge in [-0.25, -0.2) is 22.6 Å². The maximum Gasteiger partial charge on any atom is 0.408 e. The number of ether oxygens (including phenoxy) is 3. The maximum atomic E-state index is 14.2. The number of carbonyl (C=O) groups excluding carboxylic acids is 2. The number of fused-ring (bicyclic) bond motifs is 5. The zero-order valence-corrected chi connectivity index (χ0v) is 33.5. The van der Waals surface area contributed by atoms with Gasteiger partial charge < -0.3 is 35.1 Å². The number of benzene rings is 5. The number of hydrogen-bond donors (Lipinski definition) is 3. The first-order valence-electron chi connectivity index (χ1n) is 20.5. The van der Waals surface area contributed by atoms with Crippen LogP contribution in [-0.2, 0) is 4.74 Å². The van der Waals surface area contributed by atoms with Crippen LogP contribution in [0.1, 0.15) is 51.7 Å². The lowest BCUT2D eigenvalue weighted by molar-refractivity contribution is 0.0821. The average molecular weight is 839 g/mol. The van der Waals surface area contributed by atoms with Crippen LogP contribution in [-0.4, -0.2) is 58.8 Å². The first-order valence-corrected chi connectivity index (χ1v) is 20.5. The Labute approximate surface area is 354 Å². The lowest BCUT2D eigenvalue weighted by atomic mass is 10.0. The molecule has 1 saturated heterocycles. The molecule has 11 nitrogen and oxygen atoms in total. The van der Waals surface area contributed by atoms with Crippen molar-refractivity contribution in [2.24, 2.45) is 11.8 Å². The number of aromatic amines is 1. The summed E-state index contributed by atoms with van der Waals surface area (Å²) in [7, 11) is 0. The number of rotatable bonds is 11. The molecule has 4 N–H and O–H groups in total. The minimum absolute atomic E-state index is 0.0692. The van der Waals surface area contributed by atoms with Crippen LogP contribution in [0.15, 0.2) is 115 Å². The van der Waals surface area contributed by atoms with Gasteiger partial charge in [0.25, 0.3) is 6.43 Å². The highest BCUT2D eigenvalue weighted by molar-refractivity contribution is 6.12. The van der Waals surface area contributed by atoms with Gasteiger partial charge in [0.15, 0.2) is 17.7 Å². The molecule has 14 heteroatoms. The highest BCUT2D eigenvalue weighted by atomic mass is 19.3. The van der Waals surface area contributed by atoms with Crippen molar-refractivity contribution in [3.05, 3.63) is 149 Å². The summed E-state index contributed by atoms with van der Waals surface area (Å²) in [5, 5.41) is 8.13. The standard InChI is InChI=1S/C48H41F3N6O5/c1-26-16-31(61-42-13-7-6-12-37(42)49)14-15-40(26)57-47(52)36(22-53-57)45(58)39-19-27-20-43(60-25-44(50)51)41(21-38(27)55-39)56-23-28-17-30(18-29(28)24-56)54-48(59)62-46-34-10-4-2-8-32(34)33-9-3-5-11-35(33)46/h2-16,19-22,28-30,44,46,55H,17-18,23-25,52H2,1H3,(H,54,59)/t28-,29?,30?/m0/s1. The Balaban J connectivity index is 0.831. The third-order valence-electron chi connectivity index (χ3n) is 12.2. The number of aryl methyl sites for hydroxylation is 1. The Kier molecular flexibility index (Phi) is 9.84. The van der Waals surface area contributed by atoms with Gasteiger partial charge >= 0.3 is 6.09 Å². The number of amides is 1. The number of nitrogens with zero attached hydrogens (tertiary/aromatic N) is 3. The third kappa shape index (κ3) is 7.14. The molecule has 5 aromatic carbocycles. The normalized spacial score (nSPS) is 17.9. The fourth-order valence-corrected chi connectivity index (χ4v) is 9.40. The molecule has 3 heterocycles. The first kappa shape index (κ1) is 38.9. The van der Waals surface area contributed by atoms with E-state index in [1.807, 2.05) is 61.5 Å². The molecule has 2 unspecified atom stereocenters. The number of para-hydroxylation sites is 1. The highest BCUT2D eigenvalue weighted by Crippen LogP contribution is 2.46. The van der Waals surface area contributed by atoms with Crippen LogP contribution in [0.5, 0.6) is 17.2 Å². The van der Waals surface area contributed by atoms with Crippen molar-refractivity contribution < 1.29 is 37.0 Å². The Bertz CT molecular complexity index is 2820. The Hall–Kier alpha value is -7.22. The first-order chi connectivity index (χ1) is 30.1. The molecule has 0 bridgehead atoms. The van der Waals surface area contributed by atoms with Crippen LogP contribution in [0.3, 0.4) is 0 Å². The molecule has 62 heavy (non-hydrogen) atoms. The molecule has 3 aliphatic rings. The van der Waals surface area contributed by atoms with Crippen LogP contribution in [0.4, 0.5) is 29.5 Å². The lowest BCUT2D eigenvalue weighted by Gasteiger charge is -2.24. The lowest BCUT2D eigenvalue weighted by Crippen LogP contribution is -2.35. The summed E-state index contributed by atoms with van der Waals surface area (Å²) in [5.41, 5.74) is 13.6. The number of nitrogen functional groups attached to an aromatic ring is 1. The molecule has 3 atom stereocenters. The second-order valence-corrected chi connectivity index (χ2v) is 16.2. The van der Waals surface area contributed by atoms with E-state index in [1.165, 1.54) is 23.0 Å². The van der Waals surface area contributed by atoms with Crippen molar-refractivity contribution in [2.75, 3.05) is 30.3 Å². The number of hydrogen-bond acceptors (Lipinski definition) is 8. The molecule has 1 amide bonds. The monoisotopic (exact) mass is 838 g/mol. The zero-order chi connectivity index (χ0) is 42.6. The molecule has 10 rings (SSSR count). The minimum atomic E-state index is -2.68. The van der Waals surface area contributed by atoms with Crippen LogP contribution >= 0.6 is 0 Å². The van der Waals surface area contributed by atoms with Gasteiger partial charge in [-0.05, 0) is 96.8 Å². The number of alkyl carbamates (subject to hydrolysis) is 1. The predicted octanol–water partition coefficient (Wildman–Crippen LogP) is 9.76. The highest BCUT2D eigenvalue weighted by Gasteiger charge is 2.43. The smallest absolute Gasteiger partial charge is 0.408 e. The second-order valence-electron chi connectivity index (χ2n) is 16.2. The van der Waals surface area contributed by atoms with Crippen molar-refractivity contribution >= 4 is 34.3 Å². The van der Waals surface area contributed by atoms with Crippen LogP contribution in [0.2, 0.25) is 0 Å². The zero-order valence-electron chi connectivity index (χ0n) is 33.5. The van der Waals surface area contributed by atoms with E-state index in [2.05, 4.69) is 20.3 Å². The minimum Gasteiger partial charge on any atom is -0.485 e. The van der Waals surface area contributed by atoms with Crippen molar-refractivity contribution in [1.29, 1.82) is 0 Å². The average Bonchev–Trinajstić information content (AvgIpc) is 4.09. The van der Waals surface area contributed by atoms with Gasteiger partial charge in [0.1, 0.15) is 23.9 Å². The number of alkyl halides is 2. The molecule has 1 aliphatic heterocycles. The summed E-state index contributed by atoms with van der Waals surface area (Å²) < 4.78 is 60.1.